The minimum absolute atomic E-state index is 0.00573. The number of amides is 2. The van der Waals surface area contributed by atoms with E-state index in [1.807, 2.05) is 13.8 Å². The minimum Gasteiger partial charge on any atom is -0.481 e. The summed E-state index contributed by atoms with van der Waals surface area (Å²) in [6.07, 6.45) is 4.91. The van der Waals surface area contributed by atoms with Crippen molar-refractivity contribution in [3.05, 3.63) is 0 Å². The van der Waals surface area contributed by atoms with E-state index in [9.17, 15) is 9.59 Å². The fourth-order valence-electron chi connectivity index (χ4n) is 2.08. The first-order chi connectivity index (χ1) is 8.50. The molecule has 0 bridgehead atoms. The summed E-state index contributed by atoms with van der Waals surface area (Å²) >= 11 is 0. The lowest BCUT2D eigenvalue weighted by Crippen LogP contribution is -2.45. The lowest BCUT2D eigenvalue weighted by Gasteiger charge is -2.28. The number of aliphatic carboxylic acids is 1. The number of carboxylic acids is 1. The highest BCUT2D eigenvalue weighted by molar-refractivity contribution is 5.75. The Kier molecular flexibility index (Phi) is 5.95. The number of hydrogen-bond acceptors (Lipinski definition) is 2. The van der Waals surface area contributed by atoms with Gasteiger partial charge in [-0.15, -0.1) is 0 Å². The maximum absolute atomic E-state index is 11.9. The zero-order valence-corrected chi connectivity index (χ0v) is 11.3. The van der Waals surface area contributed by atoms with Crippen LogP contribution in [0, 0.1) is 5.92 Å². The van der Waals surface area contributed by atoms with Gasteiger partial charge in [-0.05, 0) is 26.2 Å². The van der Waals surface area contributed by atoms with E-state index in [1.54, 1.807) is 4.90 Å². The van der Waals surface area contributed by atoms with Gasteiger partial charge in [0.05, 0.1) is 6.42 Å². The number of hydrogen-bond donors (Lipinski definition) is 2. The van der Waals surface area contributed by atoms with Crippen molar-refractivity contribution < 1.29 is 14.7 Å². The summed E-state index contributed by atoms with van der Waals surface area (Å²) < 4.78 is 0. The predicted molar refractivity (Wildman–Crippen MR) is 69.5 cm³/mol. The van der Waals surface area contributed by atoms with Crippen molar-refractivity contribution in [1.29, 1.82) is 0 Å². The summed E-state index contributed by atoms with van der Waals surface area (Å²) in [4.78, 5) is 24.0. The molecular formula is C13H24N2O3. The number of nitrogens with zero attached hydrogens (tertiary/aromatic N) is 1. The van der Waals surface area contributed by atoms with E-state index >= 15 is 0 Å². The molecule has 0 unspecified atom stereocenters. The van der Waals surface area contributed by atoms with Crippen LogP contribution in [-0.2, 0) is 4.79 Å². The molecular weight excluding hydrogens is 232 g/mol. The minimum atomic E-state index is -0.872. The third kappa shape index (κ3) is 4.94. The Bertz CT molecular complexity index is 288. The van der Waals surface area contributed by atoms with E-state index in [-0.39, 0.29) is 25.0 Å². The molecule has 104 valence electrons. The van der Waals surface area contributed by atoms with Gasteiger partial charge >= 0.3 is 12.0 Å². The number of carbonyl (C=O) groups is 2. The highest BCUT2D eigenvalue weighted by atomic mass is 16.4. The van der Waals surface area contributed by atoms with Gasteiger partial charge in [-0.25, -0.2) is 4.79 Å². The molecule has 1 aliphatic carbocycles. The van der Waals surface area contributed by atoms with Gasteiger partial charge in [-0.1, -0.05) is 19.3 Å². The lowest BCUT2D eigenvalue weighted by atomic mass is 9.83. The second-order valence-electron chi connectivity index (χ2n) is 5.25. The van der Waals surface area contributed by atoms with Crippen LogP contribution in [0.4, 0.5) is 4.79 Å². The van der Waals surface area contributed by atoms with E-state index < -0.39 is 5.97 Å². The molecule has 0 aromatic carbocycles. The van der Waals surface area contributed by atoms with Crippen LogP contribution in [0.3, 0.4) is 0 Å². The van der Waals surface area contributed by atoms with E-state index in [0.29, 0.717) is 6.54 Å². The average Bonchev–Trinajstić information content (AvgIpc) is 2.21. The van der Waals surface area contributed by atoms with Crippen LogP contribution in [0.1, 0.15) is 46.0 Å². The molecule has 18 heavy (non-hydrogen) atoms. The number of urea groups is 1. The maximum atomic E-state index is 11.9. The molecule has 1 aliphatic rings. The Morgan fingerprint density at radius 2 is 2.06 bits per heavy atom. The van der Waals surface area contributed by atoms with Gasteiger partial charge in [0.25, 0.3) is 0 Å². The third-order valence-corrected chi connectivity index (χ3v) is 3.50. The molecule has 2 N–H and O–H groups in total. The molecule has 0 aromatic heterocycles. The third-order valence-electron chi connectivity index (χ3n) is 3.50. The molecule has 0 spiro atoms. The molecule has 0 aliphatic heterocycles. The molecule has 5 heteroatoms. The number of carbonyl (C=O) groups excluding carboxylic acids is 1. The van der Waals surface area contributed by atoms with Gasteiger partial charge in [-0.3, -0.25) is 4.79 Å². The fraction of sp³-hybridized carbons (Fsp3) is 0.846. The van der Waals surface area contributed by atoms with E-state index in [1.165, 1.54) is 19.3 Å². The molecule has 0 aromatic rings. The molecule has 0 atom stereocenters. The van der Waals surface area contributed by atoms with E-state index in [4.69, 9.17) is 5.11 Å². The van der Waals surface area contributed by atoms with Crippen molar-refractivity contribution in [3.63, 3.8) is 0 Å². The SMILES string of the molecule is CC(C)N(CCC(=O)O)C(=O)NCCC1CCC1. The summed E-state index contributed by atoms with van der Waals surface area (Å²) in [5.41, 5.74) is 0. The summed E-state index contributed by atoms with van der Waals surface area (Å²) in [7, 11) is 0. The summed E-state index contributed by atoms with van der Waals surface area (Å²) in [5.74, 6) is -0.0975. The lowest BCUT2D eigenvalue weighted by molar-refractivity contribution is -0.137. The highest BCUT2D eigenvalue weighted by Crippen LogP contribution is 2.28. The van der Waals surface area contributed by atoms with E-state index in [2.05, 4.69) is 5.32 Å². The zero-order valence-electron chi connectivity index (χ0n) is 11.3. The Morgan fingerprint density at radius 1 is 1.39 bits per heavy atom. The van der Waals surface area contributed by atoms with Gasteiger partial charge in [0.1, 0.15) is 0 Å². The first-order valence-electron chi connectivity index (χ1n) is 6.77. The van der Waals surface area contributed by atoms with Gasteiger partial charge in [0.2, 0.25) is 0 Å². The van der Waals surface area contributed by atoms with Crippen molar-refractivity contribution in [3.8, 4) is 0 Å². The Labute approximate surface area is 109 Å². The average molecular weight is 256 g/mol. The van der Waals surface area contributed by atoms with Crippen molar-refractivity contribution in [1.82, 2.24) is 10.2 Å². The topological polar surface area (TPSA) is 69.6 Å². The number of nitrogens with one attached hydrogen (secondary N) is 1. The molecule has 0 heterocycles. The Hall–Kier alpha value is -1.26. The fourth-order valence-corrected chi connectivity index (χ4v) is 2.08. The van der Waals surface area contributed by atoms with Crippen LogP contribution < -0.4 is 5.32 Å². The number of carboxylic acid groups (broad SMARTS) is 1. The monoisotopic (exact) mass is 256 g/mol. The van der Waals surface area contributed by atoms with Crippen molar-refractivity contribution in [2.45, 2.75) is 52.0 Å². The second-order valence-corrected chi connectivity index (χ2v) is 5.25. The van der Waals surface area contributed by atoms with Gasteiger partial charge < -0.3 is 15.3 Å². The van der Waals surface area contributed by atoms with Crippen molar-refractivity contribution in [2.24, 2.45) is 5.92 Å². The predicted octanol–water partition coefficient (Wildman–Crippen LogP) is 2.07. The van der Waals surface area contributed by atoms with Crippen molar-refractivity contribution >= 4 is 12.0 Å². The molecule has 1 saturated carbocycles. The molecule has 2 amide bonds. The highest BCUT2D eigenvalue weighted by Gasteiger charge is 2.20. The van der Waals surface area contributed by atoms with Crippen molar-refractivity contribution in [2.75, 3.05) is 13.1 Å². The summed E-state index contributed by atoms with van der Waals surface area (Å²) in [6, 6.07) is -0.126. The first kappa shape index (κ1) is 14.8. The first-order valence-corrected chi connectivity index (χ1v) is 6.77. The summed E-state index contributed by atoms with van der Waals surface area (Å²) in [5, 5.41) is 11.5. The van der Waals surface area contributed by atoms with Gasteiger partial charge in [0, 0.05) is 19.1 Å². The summed E-state index contributed by atoms with van der Waals surface area (Å²) in [6.45, 7) is 4.75. The normalized spacial score (nSPS) is 15.3. The quantitative estimate of drug-likeness (QED) is 0.732. The van der Waals surface area contributed by atoms with Crippen LogP contribution in [0.5, 0.6) is 0 Å². The Morgan fingerprint density at radius 3 is 2.50 bits per heavy atom. The van der Waals surface area contributed by atoms with Crippen LogP contribution in [0.2, 0.25) is 0 Å². The van der Waals surface area contributed by atoms with Crippen LogP contribution in [-0.4, -0.2) is 41.1 Å². The van der Waals surface area contributed by atoms with Crippen LogP contribution in [0.15, 0.2) is 0 Å². The molecule has 0 saturated heterocycles. The molecule has 0 radical (unpaired) electrons. The smallest absolute Gasteiger partial charge is 0.317 e. The molecule has 1 rings (SSSR count). The maximum Gasteiger partial charge on any atom is 0.317 e. The van der Waals surface area contributed by atoms with Gasteiger partial charge in [0.15, 0.2) is 0 Å². The number of rotatable bonds is 7. The molecule has 5 nitrogen and oxygen atoms in total. The largest absolute Gasteiger partial charge is 0.481 e. The van der Waals surface area contributed by atoms with Crippen LogP contribution in [0.25, 0.3) is 0 Å². The molecule has 1 fully saturated rings. The Balaban J connectivity index is 2.26. The standard InChI is InChI=1S/C13H24N2O3/c1-10(2)15(9-7-12(16)17)13(18)14-8-6-11-4-3-5-11/h10-11H,3-9H2,1-2H3,(H,14,18)(H,16,17). The van der Waals surface area contributed by atoms with Gasteiger partial charge in [-0.2, -0.15) is 0 Å². The zero-order chi connectivity index (χ0) is 13.5. The van der Waals surface area contributed by atoms with E-state index in [0.717, 1.165) is 12.3 Å². The van der Waals surface area contributed by atoms with Crippen LogP contribution >= 0.6 is 0 Å². The second kappa shape index (κ2) is 7.24.